The van der Waals surface area contributed by atoms with Crippen LogP contribution in [0, 0.1) is 13.8 Å². The molecule has 0 amide bonds. The summed E-state index contributed by atoms with van der Waals surface area (Å²) in [6.07, 6.45) is 0. The maximum Gasteiger partial charge on any atom is 0.296 e. The average molecular weight is 418 g/mol. The summed E-state index contributed by atoms with van der Waals surface area (Å²) in [5.74, 6) is 0. The van der Waals surface area contributed by atoms with Crippen molar-refractivity contribution in [1.29, 1.82) is 0 Å². The second-order valence-electron chi connectivity index (χ2n) is 6.30. The van der Waals surface area contributed by atoms with Gasteiger partial charge < -0.3 is 28.7 Å². The van der Waals surface area contributed by atoms with Crippen LogP contribution in [0.3, 0.4) is 0 Å². The molecule has 3 aromatic rings. The molecule has 0 heterocycles. The van der Waals surface area contributed by atoms with E-state index in [-0.39, 0.29) is 16.3 Å². The summed E-state index contributed by atoms with van der Waals surface area (Å²) in [5.41, 5.74) is 31.9. The molecule has 8 nitrogen and oxygen atoms in total. The van der Waals surface area contributed by atoms with Gasteiger partial charge in [0.05, 0.1) is 5.69 Å². The zero-order chi connectivity index (χ0) is 22.2. The van der Waals surface area contributed by atoms with Crippen molar-refractivity contribution in [1.82, 2.24) is 0 Å². The summed E-state index contributed by atoms with van der Waals surface area (Å²) in [5, 5.41) is 0. The molecule has 0 aliphatic rings. The van der Waals surface area contributed by atoms with Gasteiger partial charge in [-0.2, -0.15) is 8.42 Å². The molecule has 3 rings (SSSR count). The van der Waals surface area contributed by atoms with Crippen LogP contribution in [0.4, 0.5) is 28.4 Å². The van der Waals surface area contributed by atoms with Crippen LogP contribution >= 0.6 is 0 Å². The highest BCUT2D eigenvalue weighted by Crippen LogP contribution is 2.20. The van der Waals surface area contributed by atoms with Gasteiger partial charge >= 0.3 is 0 Å². The maximum absolute atomic E-state index is 10.6. The number of nitrogens with two attached hydrogens (primary N) is 5. The summed E-state index contributed by atoms with van der Waals surface area (Å²) in [4.78, 5) is -0.359. The number of rotatable bonds is 1. The highest BCUT2D eigenvalue weighted by atomic mass is 32.2. The van der Waals surface area contributed by atoms with Gasteiger partial charge in [-0.05, 0) is 67.9 Å². The molecule has 0 radical (unpaired) electrons. The zero-order valence-corrected chi connectivity index (χ0v) is 17.1. The van der Waals surface area contributed by atoms with Crippen molar-refractivity contribution in [2.24, 2.45) is 0 Å². The Morgan fingerprint density at radius 2 is 1.10 bits per heavy atom. The van der Waals surface area contributed by atoms with Crippen molar-refractivity contribution in [3.8, 4) is 0 Å². The van der Waals surface area contributed by atoms with E-state index in [2.05, 4.69) is 0 Å². The zero-order valence-electron chi connectivity index (χ0n) is 16.3. The fraction of sp³-hybridized carbons (Fsp3) is 0.100. The minimum Gasteiger partial charge on any atom is -0.399 e. The minimum atomic E-state index is -4.26. The molecule has 0 saturated heterocycles. The third-order valence-corrected chi connectivity index (χ3v) is 4.60. The molecule has 0 aliphatic carbocycles. The molecule has 11 N–H and O–H groups in total. The van der Waals surface area contributed by atoms with Gasteiger partial charge in [-0.25, -0.2) is 0 Å². The molecular weight excluding hydrogens is 390 g/mol. The summed E-state index contributed by atoms with van der Waals surface area (Å²) in [7, 11) is -4.26. The normalized spacial score (nSPS) is 10.2. The summed E-state index contributed by atoms with van der Waals surface area (Å²) in [6, 6.07) is 17.1. The van der Waals surface area contributed by atoms with E-state index in [0.29, 0.717) is 0 Å². The molecular formula is C20H27N5O3S. The fourth-order valence-corrected chi connectivity index (χ4v) is 2.69. The van der Waals surface area contributed by atoms with E-state index in [1.54, 1.807) is 6.07 Å². The number of aryl methyl sites for hydroxylation is 2. The molecule has 0 spiro atoms. The first-order chi connectivity index (χ1) is 13.4. The summed E-state index contributed by atoms with van der Waals surface area (Å²) < 4.78 is 29.9. The first-order valence-corrected chi connectivity index (χ1v) is 9.90. The number of benzene rings is 3. The van der Waals surface area contributed by atoms with Crippen LogP contribution in [0.25, 0.3) is 0 Å². The number of nitrogen functional groups attached to an aromatic ring is 5. The number of anilines is 5. The van der Waals surface area contributed by atoms with Gasteiger partial charge in [-0.15, -0.1) is 0 Å². The van der Waals surface area contributed by atoms with E-state index in [4.69, 9.17) is 33.2 Å². The Morgan fingerprint density at radius 3 is 1.48 bits per heavy atom. The predicted molar refractivity (Wildman–Crippen MR) is 121 cm³/mol. The minimum absolute atomic E-state index is 0.0216. The average Bonchev–Trinajstić information content (AvgIpc) is 2.63. The van der Waals surface area contributed by atoms with Crippen LogP contribution in [-0.4, -0.2) is 13.0 Å². The van der Waals surface area contributed by atoms with Crippen LogP contribution in [0.2, 0.25) is 0 Å². The van der Waals surface area contributed by atoms with Crippen molar-refractivity contribution in [3.05, 3.63) is 71.8 Å². The van der Waals surface area contributed by atoms with Crippen molar-refractivity contribution < 1.29 is 13.0 Å². The monoisotopic (exact) mass is 417 g/mol. The SMILES string of the molecule is Cc1cc(N)ccc1N.Cc1ccc(N)cc1.Nc1ccc(N)c(S(=O)(=O)O)c1. The Bertz CT molecular complexity index is 1030. The van der Waals surface area contributed by atoms with Crippen LogP contribution in [0.5, 0.6) is 0 Å². The fourth-order valence-electron chi connectivity index (χ4n) is 2.04. The first kappa shape index (κ1) is 23.6. The number of hydrogen-bond acceptors (Lipinski definition) is 7. The lowest BCUT2D eigenvalue weighted by Crippen LogP contribution is -2.03. The van der Waals surface area contributed by atoms with Crippen LogP contribution in [0.15, 0.2) is 65.6 Å². The lowest BCUT2D eigenvalue weighted by atomic mass is 10.2. The number of hydrogen-bond donors (Lipinski definition) is 6. The standard InChI is InChI=1S/C7H10N2.C7H9N.C6H8N2O3S/c1-5-4-6(8)2-3-7(5)9;1-6-2-4-7(8)5-3-6;7-4-1-2-5(8)6(3-4)12(9,10)11/h2-4H,8-9H2,1H3;2-5H,8H2,1H3;1-3H,7-8H2,(H,9,10,11). The second-order valence-corrected chi connectivity index (χ2v) is 7.69. The molecule has 9 heteroatoms. The quantitative estimate of drug-likeness (QED) is 0.258. The highest BCUT2D eigenvalue weighted by molar-refractivity contribution is 7.86. The molecule has 3 aromatic carbocycles. The third kappa shape index (κ3) is 8.41. The lowest BCUT2D eigenvalue weighted by Gasteiger charge is -2.02. The van der Waals surface area contributed by atoms with Gasteiger partial charge in [0.2, 0.25) is 0 Å². The Hall–Kier alpha value is -3.43. The van der Waals surface area contributed by atoms with Gasteiger partial charge in [-0.1, -0.05) is 17.7 Å². The van der Waals surface area contributed by atoms with Crippen molar-refractivity contribution in [2.45, 2.75) is 18.7 Å². The van der Waals surface area contributed by atoms with Gasteiger partial charge in [0.1, 0.15) is 4.90 Å². The molecule has 0 fully saturated rings. The lowest BCUT2D eigenvalue weighted by molar-refractivity contribution is 0.483. The van der Waals surface area contributed by atoms with E-state index in [0.717, 1.165) is 28.7 Å². The third-order valence-electron chi connectivity index (χ3n) is 3.69. The predicted octanol–water partition coefficient (Wildman–Crippen LogP) is 2.83. The van der Waals surface area contributed by atoms with Gasteiger partial charge in [0, 0.05) is 22.7 Å². The second kappa shape index (κ2) is 10.2. The molecule has 0 aliphatic heterocycles. The van der Waals surface area contributed by atoms with E-state index >= 15 is 0 Å². The maximum atomic E-state index is 10.6. The van der Waals surface area contributed by atoms with Crippen molar-refractivity contribution in [3.63, 3.8) is 0 Å². The highest BCUT2D eigenvalue weighted by Gasteiger charge is 2.13. The summed E-state index contributed by atoms with van der Waals surface area (Å²) >= 11 is 0. The molecule has 156 valence electrons. The molecule has 0 saturated carbocycles. The largest absolute Gasteiger partial charge is 0.399 e. The van der Waals surface area contributed by atoms with E-state index in [9.17, 15) is 8.42 Å². The van der Waals surface area contributed by atoms with Crippen LogP contribution < -0.4 is 28.7 Å². The molecule has 0 bridgehead atoms. The Kier molecular flexibility index (Phi) is 8.31. The van der Waals surface area contributed by atoms with Crippen molar-refractivity contribution in [2.75, 3.05) is 28.7 Å². The first-order valence-electron chi connectivity index (χ1n) is 8.46. The molecule has 0 unspecified atom stereocenters. The van der Waals surface area contributed by atoms with E-state index in [1.165, 1.54) is 17.7 Å². The van der Waals surface area contributed by atoms with Gasteiger partial charge in [0.15, 0.2) is 0 Å². The topological polar surface area (TPSA) is 184 Å². The molecule has 0 aromatic heterocycles. The van der Waals surface area contributed by atoms with Crippen LogP contribution in [-0.2, 0) is 10.1 Å². The Labute approximate surface area is 171 Å². The van der Waals surface area contributed by atoms with E-state index in [1.807, 2.05) is 50.2 Å². The Morgan fingerprint density at radius 1 is 0.655 bits per heavy atom. The van der Waals surface area contributed by atoms with Crippen LogP contribution in [0.1, 0.15) is 11.1 Å². The smallest absolute Gasteiger partial charge is 0.296 e. The Balaban J connectivity index is 0.000000223. The van der Waals surface area contributed by atoms with Gasteiger partial charge in [0.25, 0.3) is 10.1 Å². The molecule has 29 heavy (non-hydrogen) atoms. The van der Waals surface area contributed by atoms with Gasteiger partial charge in [-0.3, -0.25) is 4.55 Å². The van der Waals surface area contributed by atoms with Crippen molar-refractivity contribution >= 4 is 38.6 Å². The van der Waals surface area contributed by atoms with E-state index < -0.39 is 10.1 Å². The molecule has 0 atom stereocenters. The summed E-state index contributed by atoms with van der Waals surface area (Å²) in [6.45, 7) is 3.98.